The largest absolute Gasteiger partial charge is 0.489 e. The summed E-state index contributed by atoms with van der Waals surface area (Å²) in [6.07, 6.45) is 7.84. The molecule has 57 heavy (non-hydrogen) atoms. The van der Waals surface area contributed by atoms with Crippen LogP contribution < -0.4 is 9.47 Å². The molecule has 3 aliphatic rings. The normalized spacial score (nSPS) is 24.1. The lowest BCUT2D eigenvalue weighted by Gasteiger charge is -2.59. The highest BCUT2D eigenvalue weighted by Gasteiger charge is 2.65. The number of fused-ring (bicyclic) bond motifs is 2. The molecule has 10 nitrogen and oxygen atoms in total. The first-order valence-corrected chi connectivity index (χ1v) is 19.9. The van der Waals surface area contributed by atoms with Crippen molar-refractivity contribution < 1.29 is 47.6 Å². The number of nitrogens with zero attached hydrogens (tertiary/aromatic N) is 2. The molecular weight excluding hydrogens is 734 g/mol. The van der Waals surface area contributed by atoms with E-state index in [1.807, 2.05) is 12.1 Å². The van der Waals surface area contributed by atoms with Crippen LogP contribution in [0.15, 0.2) is 96.2 Å². The van der Waals surface area contributed by atoms with Crippen LogP contribution in [-0.2, 0) is 27.5 Å². The van der Waals surface area contributed by atoms with E-state index < -0.39 is 29.7 Å². The van der Waals surface area contributed by atoms with Crippen molar-refractivity contribution in [2.24, 2.45) is 22.9 Å². The number of aliphatic hydroxyl groups excluding tert-OH is 2. The van der Waals surface area contributed by atoms with Gasteiger partial charge in [-0.2, -0.15) is 0 Å². The van der Waals surface area contributed by atoms with Gasteiger partial charge in [0, 0.05) is 43.2 Å². The standard InChI is InChI=1S/C45H54F2N2O8/c1-4-24-56-45-41(49(44(52)54-5-2)28-30-16-18-33(46)19-17-30)27-39(48-53-3)36-25-31(12-8-10-22-50)35(14-9-11-23-51)42(43(36)45)37-26-34(20-21-40(37)57-45)55-29-32-13-6-7-15-38(32)47/h4,6-7,13,15-21,25-26,31,35,41-43,50-51H,1,5,8-12,14,22-24,27-29H2,2-3H3. The summed E-state index contributed by atoms with van der Waals surface area (Å²) in [6, 6.07) is 17.2. The number of hydrogen-bond acceptors (Lipinski definition) is 9. The second-order valence-electron chi connectivity index (χ2n) is 14.8. The van der Waals surface area contributed by atoms with Crippen LogP contribution in [0.4, 0.5) is 13.6 Å². The molecule has 6 rings (SSSR count). The zero-order valence-corrected chi connectivity index (χ0v) is 32.8. The summed E-state index contributed by atoms with van der Waals surface area (Å²) < 4.78 is 54.9. The molecule has 12 heteroatoms. The molecule has 2 N–H and O–H groups in total. The van der Waals surface area contributed by atoms with Crippen LogP contribution >= 0.6 is 0 Å². The first kappa shape index (κ1) is 41.8. The van der Waals surface area contributed by atoms with Crippen molar-refractivity contribution in [3.05, 3.63) is 119 Å². The van der Waals surface area contributed by atoms with E-state index in [1.165, 1.54) is 25.3 Å². The zero-order valence-electron chi connectivity index (χ0n) is 32.8. The summed E-state index contributed by atoms with van der Waals surface area (Å²) >= 11 is 0. The minimum absolute atomic E-state index is 0.00384. The van der Waals surface area contributed by atoms with Gasteiger partial charge in [-0.1, -0.05) is 60.5 Å². The van der Waals surface area contributed by atoms with Crippen molar-refractivity contribution in [2.45, 2.75) is 82.8 Å². The fraction of sp³-hybridized carbons (Fsp3) is 0.467. The molecule has 1 heterocycles. The number of hydrogen-bond donors (Lipinski definition) is 2. The number of halogens is 2. The van der Waals surface area contributed by atoms with Gasteiger partial charge >= 0.3 is 6.09 Å². The van der Waals surface area contributed by atoms with Crippen LogP contribution in [0.3, 0.4) is 0 Å². The van der Waals surface area contributed by atoms with Crippen molar-refractivity contribution in [1.29, 1.82) is 0 Å². The Kier molecular flexibility index (Phi) is 14.4. The Bertz CT molecular complexity index is 1890. The molecule has 0 spiro atoms. The van der Waals surface area contributed by atoms with Gasteiger partial charge < -0.3 is 34.0 Å². The Labute approximate surface area is 333 Å². The van der Waals surface area contributed by atoms with Gasteiger partial charge in [-0.3, -0.25) is 4.90 Å². The Morgan fingerprint density at radius 1 is 1.04 bits per heavy atom. The predicted octanol–water partition coefficient (Wildman–Crippen LogP) is 8.47. The lowest BCUT2D eigenvalue weighted by atomic mass is 9.55. The van der Waals surface area contributed by atoms with Gasteiger partial charge in [-0.25, -0.2) is 13.6 Å². The Hall–Kier alpha value is -4.78. The molecule has 3 aromatic rings. The fourth-order valence-corrected chi connectivity index (χ4v) is 8.92. The van der Waals surface area contributed by atoms with Gasteiger partial charge in [0.1, 0.15) is 42.9 Å². The second kappa shape index (κ2) is 19.6. The fourth-order valence-electron chi connectivity index (χ4n) is 8.92. The van der Waals surface area contributed by atoms with Crippen molar-refractivity contribution in [3.8, 4) is 11.5 Å². The molecule has 6 unspecified atom stereocenters. The summed E-state index contributed by atoms with van der Waals surface area (Å²) in [5.74, 6) is -1.97. The molecule has 1 saturated carbocycles. The third kappa shape index (κ3) is 9.19. The van der Waals surface area contributed by atoms with Gasteiger partial charge in [0.2, 0.25) is 5.79 Å². The number of allylic oxidation sites excluding steroid dienone is 1. The smallest absolute Gasteiger partial charge is 0.410 e. The number of rotatable bonds is 19. The number of carbonyl (C=O) groups is 1. The highest BCUT2D eigenvalue weighted by atomic mass is 19.1. The SMILES string of the molecule is C=CCOC12Oc3ccc(OCc4ccccc4F)cc3C3C(CCCCO)C(CCCCO)C=C(C(=NOC)CC1N(Cc1ccc(F)cc1)C(=O)OCC)C32. The molecule has 0 radical (unpaired) electrons. The lowest BCUT2D eigenvalue weighted by molar-refractivity contribution is -0.256. The van der Waals surface area contributed by atoms with E-state index >= 15 is 0 Å². The maximum atomic E-state index is 14.7. The van der Waals surface area contributed by atoms with Crippen LogP contribution in [0.1, 0.15) is 74.5 Å². The second-order valence-corrected chi connectivity index (χ2v) is 14.8. The molecule has 1 aliphatic heterocycles. The van der Waals surface area contributed by atoms with E-state index in [1.54, 1.807) is 54.3 Å². The molecule has 306 valence electrons. The first-order chi connectivity index (χ1) is 27.8. The number of aliphatic hydroxyl groups is 2. The molecule has 0 saturated heterocycles. The summed E-state index contributed by atoms with van der Waals surface area (Å²) in [6.45, 7) is 6.12. The zero-order chi connectivity index (χ0) is 40.4. The van der Waals surface area contributed by atoms with Gasteiger partial charge in [-0.05, 0) is 92.0 Å². The lowest BCUT2D eigenvalue weighted by Crippen LogP contribution is -2.70. The van der Waals surface area contributed by atoms with Gasteiger partial charge in [-0.15, -0.1) is 6.58 Å². The van der Waals surface area contributed by atoms with Gasteiger partial charge in [0.15, 0.2) is 0 Å². The van der Waals surface area contributed by atoms with E-state index in [0.29, 0.717) is 41.2 Å². The molecule has 0 bridgehead atoms. The monoisotopic (exact) mass is 788 g/mol. The molecule has 2 aliphatic carbocycles. The highest BCUT2D eigenvalue weighted by Crippen LogP contribution is 2.62. The molecule has 1 fully saturated rings. The van der Waals surface area contributed by atoms with Crippen LogP contribution in [0, 0.1) is 29.4 Å². The highest BCUT2D eigenvalue weighted by molar-refractivity contribution is 6.03. The van der Waals surface area contributed by atoms with Crippen LogP contribution in [0.25, 0.3) is 0 Å². The van der Waals surface area contributed by atoms with E-state index in [9.17, 15) is 23.8 Å². The first-order valence-electron chi connectivity index (χ1n) is 19.9. The maximum absolute atomic E-state index is 14.7. The van der Waals surface area contributed by atoms with Crippen LogP contribution in [0.2, 0.25) is 0 Å². The Morgan fingerprint density at radius 3 is 2.49 bits per heavy atom. The predicted molar refractivity (Wildman–Crippen MR) is 212 cm³/mol. The summed E-state index contributed by atoms with van der Waals surface area (Å²) in [5, 5.41) is 24.3. The van der Waals surface area contributed by atoms with E-state index in [-0.39, 0.29) is 69.6 Å². The Morgan fingerprint density at radius 2 is 1.79 bits per heavy atom. The third-order valence-electron chi connectivity index (χ3n) is 11.3. The summed E-state index contributed by atoms with van der Waals surface area (Å²) in [7, 11) is 1.49. The molecular formula is C45H54F2N2O8. The van der Waals surface area contributed by atoms with Crippen LogP contribution in [0.5, 0.6) is 11.5 Å². The molecule has 1 amide bonds. The summed E-state index contributed by atoms with van der Waals surface area (Å²) in [5.41, 5.74) is 3.47. The van der Waals surface area contributed by atoms with E-state index in [2.05, 4.69) is 17.8 Å². The number of unbranched alkanes of at least 4 members (excludes halogenated alkanes) is 2. The van der Waals surface area contributed by atoms with E-state index in [4.69, 9.17) is 23.8 Å². The summed E-state index contributed by atoms with van der Waals surface area (Å²) in [4.78, 5) is 21.3. The average Bonchev–Trinajstić information content (AvgIpc) is 3.21. The molecule has 6 atom stereocenters. The minimum Gasteiger partial charge on any atom is -0.489 e. The maximum Gasteiger partial charge on any atom is 0.410 e. The topological polar surface area (TPSA) is 119 Å². The van der Waals surface area contributed by atoms with Gasteiger partial charge in [0.05, 0.1) is 24.8 Å². The van der Waals surface area contributed by atoms with Crippen molar-refractivity contribution in [3.63, 3.8) is 0 Å². The van der Waals surface area contributed by atoms with Crippen molar-refractivity contribution >= 4 is 11.8 Å². The number of oxime groups is 1. The number of ether oxygens (including phenoxy) is 4. The van der Waals surface area contributed by atoms with Gasteiger partial charge in [0.25, 0.3) is 0 Å². The number of amides is 1. The van der Waals surface area contributed by atoms with Crippen LogP contribution in [-0.4, -0.2) is 72.3 Å². The molecule has 3 aromatic carbocycles. The van der Waals surface area contributed by atoms with Crippen molar-refractivity contribution in [1.82, 2.24) is 4.90 Å². The third-order valence-corrected chi connectivity index (χ3v) is 11.3. The minimum atomic E-state index is -1.50. The Balaban J connectivity index is 1.56. The number of benzene rings is 3. The quantitative estimate of drug-likeness (QED) is 0.0706. The average molecular weight is 789 g/mol. The van der Waals surface area contributed by atoms with E-state index in [0.717, 1.165) is 36.8 Å². The molecule has 0 aromatic heterocycles. The number of carbonyl (C=O) groups excluding carboxylic acids is 1. The van der Waals surface area contributed by atoms with Crippen molar-refractivity contribution in [2.75, 3.05) is 33.5 Å².